The Labute approximate surface area is 196 Å². The van der Waals surface area contributed by atoms with E-state index in [1.54, 1.807) is 6.07 Å². The van der Waals surface area contributed by atoms with Crippen LogP contribution in [-0.4, -0.2) is 39.5 Å². The van der Waals surface area contributed by atoms with Gasteiger partial charge in [-0.25, -0.2) is 13.4 Å². The fourth-order valence-electron chi connectivity index (χ4n) is 2.71. The van der Waals surface area contributed by atoms with E-state index in [2.05, 4.69) is 46.8 Å². The summed E-state index contributed by atoms with van der Waals surface area (Å²) in [4.78, 5) is 6.24. The van der Waals surface area contributed by atoms with E-state index in [1.165, 1.54) is 16.7 Å². The molecule has 0 aliphatic heterocycles. The van der Waals surface area contributed by atoms with Crippen molar-refractivity contribution in [3.8, 4) is 0 Å². The van der Waals surface area contributed by atoms with Gasteiger partial charge in [-0.05, 0) is 50.1 Å². The molecule has 0 unspecified atom stereocenters. The Hall–Kier alpha value is -1.26. The number of nitrogens with one attached hydrogen (secondary N) is 2. The highest BCUT2D eigenvalue weighted by Gasteiger charge is 2.10. The number of thioether (sulfide) groups is 1. The van der Waals surface area contributed by atoms with Gasteiger partial charge in [0.1, 0.15) is 0 Å². The third kappa shape index (κ3) is 8.96. The number of aliphatic imine (C=N–C) groups is 1. The number of aryl methyl sites for hydroxylation is 2. The Morgan fingerprint density at radius 1 is 1.07 bits per heavy atom. The Balaban J connectivity index is 0.00000420. The zero-order valence-electron chi connectivity index (χ0n) is 17.4. The molecular weight excluding hydrogens is 517 g/mol. The zero-order chi connectivity index (χ0) is 20.6. The lowest BCUT2D eigenvalue weighted by Gasteiger charge is -2.12. The molecule has 2 N–H and O–H groups in total. The van der Waals surface area contributed by atoms with Gasteiger partial charge >= 0.3 is 0 Å². The van der Waals surface area contributed by atoms with Crippen LogP contribution < -0.4 is 10.6 Å². The van der Waals surface area contributed by atoms with Crippen LogP contribution in [0.15, 0.2) is 57.2 Å². The van der Waals surface area contributed by atoms with Crippen LogP contribution in [0.25, 0.3) is 0 Å². The van der Waals surface area contributed by atoms with Gasteiger partial charge in [0.05, 0.1) is 11.4 Å². The van der Waals surface area contributed by atoms with Gasteiger partial charge in [-0.1, -0.05) is 29.8 Å². The molecule has 0 radical (unpaired) electrons. The summed E-state index contributed by atoms with van der Waals surface area (Å²) in [5, 5.41) is 6.59. The molecule has 0 saturated heterocycles. The summed E-state index contributed by atoms with van der Waals surface area (Å²) in [6.45, 7) is 8.01. The van der Waals surface area contributed by atoms with Crippen LogP contribution in [0.5, 0.6) is 0 Å². The molecule has 2 aromatic rings. The number of nitrogens with zero attached hydrogens (tertiary/aromatic N) is 1. The maximum Gasteiger partial charge on any atom is 0.191 e. The maximum absolute atomic E-state index is 11.7. The topological polar surface area (TPSA) is 70.6 Å². The molecule has 2 rings (SSSR count). The highest BCUT2D eigenvalue weighted by atomic mass is 127. The predicted molar refractivity (Wildman–Crippen MR) is 134 cm³/mol. The first kappa shape index (κ1) is 25.8. The number of hydrogen-bond acceptors (Lipinski definition) is 4. The standard InChI is InChI=1S/C21H29N3O2S2.HI/c1-5-22-21(23-12-13-27-19-9-6-16(2)7-10-19)24-15-18-8-11-20(17(3)14-18)28(4,25)26;/h6-11,14H,5,12-13,15H2,1-4H3,(H2,22,23,24);1H. The van der Waals surface area contributed by atoms with Crippen molar-refractivity contribution in [1.29, 1.82) is 0 Å². The van der Waals surface area contributed by atoms with Crippen LogP contribution in [0.3, 0.4) is 0 Å². The predicted octanol–water partition coefficient (Wildman–Crippen LogP) is 4.17. The molecule has 0 spiro atoms. The van der Waals surface area contributed by atoms with E-state index in [4.69, 9.17) is 0 Å². The van der Waals surface area contributed by atoms with Crippen LogP contribution >= 0.6 is 35.7 Å². The van der Waals surface area contributed by atoms with Crippen LogP contribution in [0.1, 0.15) is 23.6 Å². The second-order valence-electron chi connectivity index (χ2n) is 6.66. The van der Waals surface area contributed by atoms with Crippen molar-refractivity contribution in [3.63, 3.8) is 0 Å². The minimum Gasteiger partial charge on any atom is -0.357 e. The van der Waals surface area contributed by atoms with Gasteiger partial charge in [-0.15, -0.1) is 35.7 Å². The lowest BCUT2D eigenvalue weighted by Crippen LogP contribution is -2.38. The quantitative estimate of drug-likeness (QED) is 0.171. The molecular formula is C21H30IN3O2S2. The molecule has 0 aliphatic carbocycles. The first-order chi connectivity index (χ1) is 13.3. The minimum absolute atomic E-state index is 0. The Morgan fingerprint density at radius 3 is 2.34 bits per heavy atom. The molecule has 0 fully saturated rings. The van der Waals surface area contributed by atoms with Crippen LogP contribution in [0.4, 0.5) is 0 Å². The van der Waals surface area contributed by atoms with Crippen molar-refractivity contribution in [2.45, 2.75) is 37.1 Å². The normalized spacial score (nSPS) is 11.7. The lowest BCUT2D eigenvalue weighted by atomic mass is 10.1. The first-order valence-corrected chi connectivity index (χ1v) is 12.2. The van der Waals surface area contributed by atoms with E-state index in [-0.39, 0.29) is 24.0 Å². The van der Waals surface area contributed by atoms with Gasteiger partial charge in [0.2, 0.25) is 0 Å². The summed E-state index contributed by atoms with van der Waals surface area (Å²) in [7, 11) is -3.19. The molecule has 0 aromatic heterocycles. The highest BCUT2D eigenvalue weighted by molar-refractivity contribution is 14.0. The molecule has 0 atom stereocenters. The van der Waals surface area contributed by atoms with Crippen molar-refractivity contribution >= 4 is 51.5 Å². The molecule has 0 saturated carbocycles. The molecule has 160 valence electrons. The van der Waals surface area contributed by atoms with Gasteiger partial charge in [-0.3, -0.25) is 0 Å². The van der Waals surface area contributed by atoms with Gasteiger partial charge in [0.15, 0.2) is 15.8 Å². The minimum atomic E-state index is -3.19. The number of benzene rings is 2. The van der Waals surface area contributed by atoms with Crippen molar-refractivity contribution in [1.82, 2.24) is 10.6 Å². The Bertz CT molecular complexity index is 914. The van der Waals surface area contributed by atoms with Crippen molar-refractivity contribution in [3.05, 3.63) is 59.2 Å². The summed E-state index contributed by atoms with van der Waals surface area (Å²) in [5.41, 5.74) is 3.00. The van der Waals surface area contributed by atoms with Crippen molar-refractivity contribution < 1.29 is 8.42 Å². The second-order valence-corrected chi connectivity index (χ2v) is 9.81. The molecule has 0 bridgehead atoms. The molecule has 0 heterocycles. The third-order valence-corrected chi connectivity index (χ3v) is 6.36. The van der Waals surface area contributed by atoms with Gasteiger partial charge in [0.25, 0.3) is 0 Å². The molecule has 0 aliphatic rings. The van der Waals surface area contributed by atoms with Gasteiger partial charge in [-0.2, -0.15) is 0 Å². The van der Waals surface area contributed by atoms with E-state index in [0.717, 1.165) is 35.9 Å². The molecule has 29 heavy (non-hydrogen) atoms. The number of rotatable bonds is 8. The summed E-state index contributed by atoms with van der Waals surface area (Å²) in [5.74, 6) is 1.70. The molecule has 0 amide bonds. The lowest BCUT2D eigenvalue weighted by molar-refractivity contribution is 0.601. The summed E-state index contributed by atoms with van der Waals surface area (Å²) < 4.78 is 23.5. The first-order valence-electron chi connectivity index (χ1n) is 9.31. The smallest absolute Gasteiger partial charge is 0.191 e. The monoisotopic (exact) mass is 547 g/mol. The average molecular weight is 548 g/mol. The van der Waals surface area contributed by atoms with Crippen LogP contribution in [0, 0.1) is 13.8 Å². The van der Waals surface area contributed by atoms with E-state index in [0.29, 0.717) is 11.4 Å². The molecule has 8 heteroatoms. The summed E-state index contributed by atoms with van der Waals surface area (Å²) in [6.07, 6.45) is 1.23. The SMILES string of the molecule is CCNC(=NCc1ccc(S(C)(=O)=O)c(C)c1)NCCSc1ccc(C)cc1.I. The number of sulfone groups is 1. The Kier molecular flexibility index (Phi) is 11.1. The van der Waals surface area contributed by atoms with Crippen LogP contribution in [0.2, 0.25) is 0 Å². The molecule has 2 aromatic carbocycles. The molecule has 5 nitrogen and oxygen atoms in total. The Morgan fingerprint density at radius 2 is 1.76 bits per heavy atom. The van der Waals surface area contributed by atoms with E-state index >= 15 is 0 Å². The summed E-state index contributed by atoms with van der Waals surface area (Å²) in [6, 6.07) is 13.9. The maximum atomic E-state index is 11.7. The van der Waals surface area contributed by atoms with Crippen LogP contribution in [-0.2, 0) is 16.4 Å². The largest absolute Gasteiger partial charge is 0.357 e. The highest BCUT2D eigenvalue weighted by Crippen LogP contribution is 2.18. The number of guanidine groups is 1. The number of halogens is 1. The number of hydrogen-bond donors (Lipinski definition) is 2. The van der Waals surface area contributed by atoms with E-state index in [1.807, 2.05) is 37.7 Å². The fourth-order valence-corrected chi connectivity index (χ4v) is 4.44. The van der Waals surface area contributed by atoms with Gasteiger partial charge in [0, 0.05) is 30.0 Å². The van der Waals surface area contributed by atoms with E-state index in [9.17, 15) is 8.42 Å². The average Bonchev–Trinajstić information content (AvgIpc) is 2.63. The van der Waals surface area contributed by atoms with Crippen molar-refractivity contribution in [2.24, 2.45) is 4.99 Å². The second kappa shape index (κ2) is 12.4. The van der Waals surface area contributed by atoms with Gasteiger partial charge < -0.3 is 10.6 Å². The third-order valence-electron chi connectivity index (χ3n) is 4.09. The van der Waals surface area contributed by atoms with Crippen molar-refractivity contribution in [2.75, 3.05) is 25.1 Å². The van der Waals surface area contributed by atoms with E-state index < -0.39 is 9.84 Å². The fraction of sp³-hybridized carbons (Fsp3) is 0.381. The summed E-state index contributed by atoms with van der Waals surface area (Å²) >= 11 is 1.81. The zero-order valence-corrected chi connectivity index (χ0v) is 21.3.